The molecule has 0 unspecified atom stereocenters. The van der Waals surface area contributed by atoms with Crippen molar-refractivity contribution < 1.29 is 0 Å². The van der Waals surface area contributed by atoms with Gasteiger partial charge in [-0.25, -0.2) is 0 Å². The number of hydrogen-bond acceptors (Lipinski definition) is 0. The van der Waals surface area contributed by atoms with E-state index in [0.29, 0.717) is 5.88 Å². The first kappa shape index (κ1) is 9.80. The van der Waals surface area contributed by atoms with Gasteiger partial charge in [-0.15, -0.1) is 11.6 Å². The first-order valence-corrected chi connectivity index (χ1v) is 3.54. The summed E-state index contributed by atoms with van der Waals surface area (Å²) in [6, 6.07) is 7.49. The van der Waals surface area contributed by atoms with Gasteiger partial charge < -0.3 is 0 Å². The van der Waals surface area contributed by atoms with E-state index in [1.54, 1.807) is 0 Å². The molecule has 0 fully saturated rings. The lowest BCUT2D eigenvalue weighted by Gasteiger charge is -1.91. The Balaban J connectivity index is 0.000000810. The number of benzene rings is 1. The number of hydrogen-bond donors (Lipinski definition) is 0. The predicted molar refractivity (Wildman–Crippen MR) is 47.7 cm³/mol. The molecule has 1 rings (SSSR count). The van der Waals surface area contributed by atoms with E-state index in [2.05, 4.69) is 0 Å². The van der Waals surface area contributed by atoms with E-state index in [1.807, 2.05) is 24.3 Å². The van der Waals surface area contributed by atoms with E-state index in [4.69, 9.17) is 23.2 Å². The van der Waals surface area contributed by atoms with Gasteiger partial charge in [-0.05, 0) is 17.7 Å². The standard InChI is InChI=1S/C7H6Cl2.CH4/c8-5-6-1-3-7(9)4-2-6;/h1-4H,5H2;1H4. The van der Waals surface area contributed by atoms with Crippen LogP contribution in [0.15, 0.2) is 24.3 Å². The molecule has 1 aromatic rings. The fourth-order valence-corrected chi connectivity index (χ4v) is 0.878. The highest BCUT2D eigenvalue weighted by molar-refractivity contribution is 6.30. The molecule has 0 spiro atoms. The summed E-state index contributed by atoms with van der Waals surface area (Å²) in [5.41, 5.74) is 1.10. The van der Waals surface area contributed by atoms with Crippen molar-refractivity contribution in [2.24, 2.45) is 0 Å². The van der Waals surface area contributed by atoms with Crippen molar-refractivity contribution in [3.63, 3.8) is 0 Å². The molecule has 2 heteroatoms. The van der Waals surface area contributed by atoms with Crippen molar-refractivity contribution in [1.29, 1.82) is 0 Å². The second-order valence-corrected chi connectivity index (χ2v) is 2.46. The molecule has 0 nitrogen and oxygen atoms in total. The van der Waals surface area contributed by atoms with Crippen molar-refractivity contribution in [3.8, 4) is 0 Å². The van der Waals surface area contributed by atoms with Crippen LogP contribution in [0, 0.1) is 0 Å². The lowest BCUT2D eigenvalue weighted by atomic mass is 10.2. The highest BCUT2D eigenvalue weighted by Crippen LogP contribution is 2.10. The molecule has 56 valence electrons. The molecule has 0 aliphatic carbocycles. The summed E-state index contributed by atoms with van der Waals surface area (Å²) in [5, 5.41) is 0.754. The Labute approximate surface area is 71.8 Å². The van der Waals surface area contributed by atoms with Crippen LogP contribution < -0.4 is 0 Å². The third kappa shape index (κ3) is 2.59. The first-order valence-electron chi connectivity index (χ1n) is 2.63. The molecule has 0 radical (unpaired) electrons. The molecule has 0 atom stereocenters. The average molecular weight is 177 g/mol. The largest absolute Gasteiger partial charge is 0.122 e. The van der Waals surface area contributed by atoms with Gasteiger partial charge in [0.1, 0.15) is 0 Å². The van der Waals surface area contributed by atoms with Gasteiger partial charge in [-0.1, -0.05) is 31.2 Å². The molecule has 0 heterocycles. The molecule has 0 bridgehead atoms. The van der Waals surface area contributed by atoms with Crippen LogP contribution in [0.2, 0.25) is 5.02 Å². The molecule has 0 amide bonds. The summed E-state index contributed by atoms with van der Waals surface area (Å²) in [6.07, 6.45) is 0. The zero-order valence-electron chi connectivity index (χ0n) is 4.77. The van der Waals surface area contributed by atoms with Crippen LogP contribution in [-0.2, 0) is 5.88 Å². The summed E-state index contributed by atoms with van der Waals surface area (Å²) in [4.78, 5) is 0. The van der Waals surface area contributed by atoms with E-state index >= 15 is 0 Å². The van der Waals surface area contributed by atoms with E-state index in [1.165, 1.54) is 0 Å². The molecule has 0 aromatic heterocycles. The Bertz CT molecular complexity index is 179. The topological polar surface area (TPSA) is 0 Å². The summed E-state index contributed by atoms with van der Waals surface area (Å²) in [5.74, 6) is 0.553. The summed E-state index contributed by atoms with van der Waals surface area (Å²) >= 11 is 11.2. The average Bonchev–Trinajstić information content (AvgIpc) is 1.90. The lowest BCUT2D eigenvalue weighted by molar-refractivity contribution is 1.40. The third-order valence-electron chi connectivity index (χ3n) is 1.07. The highest BCUT2D eigenvalue weighted by Gasteiger charge is 1.87. The van der Waals surface area contributed by atoms with Crippen molar-refractivity contribution in [2.45, 2.75) is 13.3 Å². The van der Waals surface area contributed by atoms with Gasteiger partial charge in [0.05, 0.1) is 0 Å². The molecule has 0 N–H and O–H groups in total. The fourth-order valence-electron chi connectivity index (χ4n) is 0.573. The molecule has 0 aliphatic rings. The monoisotopic (exact) mass is 176 g/mol. The van der Waals surface area contributed by atoms with E-state index in [-0.39, 0.29) is 7.43 Å². The molecular formula is C8H10Cl2. The van der Waals surface area contributed by atoms with Gasteiger partial charge in [0, 0.05) is 10.9 Å². The van der Waals surface area contributed by atoms with Crippen LogP contribution in [0.25, 0.3) is 0 Å². The number of halogens is 2. The maximum Gasteiger partial charge on any atom is 0.0474 e. The van der Waals surface area contributed by atoms with E-state index < -0.39 is 0 Å². The Morgan fingerprint density at radius 1 is 1.10 bits per heavy atom. The van der Waals surface area contributed by atoms with Gasteiger partial charge in [-0.3, -0.25) is 0 Å². The van der Waals surface area contributed by atoms with Gasteiger partial charge in [0.2, 0.25) is 0 Å². The van der Waals surface area contributed by atoms with E-state index in [0.717, 1.165) is 10.6 Å². The van der Waals surface area contributed by atoms with Crippen LogP contribution >= 0.6 is 23.2 Å². The zero-order valence-corrected chi connectivity index (χ0v) is 6.28. The van der Waals surface area contributed by atoms with E-state index in [9.17, 15) is 0 Å². The van der Waals surface area contributed by atoms with Crippen molar-refractivity contribution >= 4 is 23.2 Å². The summed E-state index contributed by atoms with van der Waals surface area (Å²) in [7, 11) is 0. The predicted octanol–water partition coefficient (Wildman–Crippen LogP) is 3.71. The molecule has 10 heavy (non-hydrogen) atoms. The second kappa shape index (κ2) is 4.59. The Hall–Kier alpha value is -0.200. The number of rotatable bonds is 1. The summed E-state index contributed by atoms with van der Waals surface area (Å²) in [6.45, 7) is 0. The fraction of sp³-hybridized carbons (Fsp3) is 0.250. The normalized spacial score (nSPS) is 8.60. The SMILES string of the molecule is C.ClCc1ccc(Cl)cc1. The van der Waals surface area contributed by atoms with Crippen molar-refractivity contribution in [3.05, 3.63) is 34.9 Å². The molecule has 1 aromatic carbocycles. The maximum atomic E-state index is 5.63. The van der Waals surface area contributed by atoms with Crippen molar-refractivity contribution in [1.82, 2.24) is 0 Å². The molecule has 0 aliphatic heterocycles. The van der Waals surface area contributed by atoms with Crippen LogP contribution in [0.5, 0.6) is 0 Å². The van der Waals surface area contributed by atoms with Gasteiger partial charge in [0.25, 0.3) is 0 Å². The van der Waals surface area contributed by atoms with Gasteiger partial charge in [0.15, 0.2) is 0 Å². The molecule has 0 saturated heterocycles. The Kier molecular flexibility index (Phi) is 4.50. The zero-order chi connectivity index (χ0) is 6.69. The maximum absolute atomic E-state index is 5.63. The minimum atomic E-state index is 0. The first-order chi connectivity index (χ1) is 4.33. The van der Waals surface area contributed by atoms with Gasteiger partial charge in [-0.2, -0.15) is 0 Å². The minimum absolute atomic E-state index is 0. The minimum Gasteiger partial charge on any atom is -0.122 e. The molecule has 0 saturated carbocycles. The third-order valence-corrected chi connectivity index (χ3v) is 1.63. The van der Waals surface area contributed by atoms with Crippen LogP contribution in [-0.4, -0.2) is 0 Å². The second-order valence-electron chi connectivity index (χ2n) is 1.76. The number of alkyl halides is 1. The quantitative estimate of drug-likeness (QED) is 0.573. The van der Waals surface area contributed by atoms with Crippen LogP contribution in [0.3, 0.4) is 0 Å². The lowest BCUT2D eigenvalue weighted by Crippen LogP contribution is -1.73. The van der Waals surface area contributed by atoms with Crippen LogP contribution in [0.1, 0.15) is 13.0 Å². The van der Waals surface area contributed by atoms with Gasteiger partial charge >= 0.3 is 0 Å². The van der Waals surface area contributed by atoms with Crippen molar-refractivity contribution in [2.75, 3.05) is 0 Å². The smallest absolute Gasteiger partial charge is 0.0474 e. The Morgan fingerprint density at radius 3 is 2.00 bits per heavy atom. The van der Waals surface area contributed by atoms with Crippen LogP contribution in [0.4, 0.5) is 0 Å². The summed E-state index contributed by atoms with van der Waals surface area (Å²) < 4.78 is 0. The highest BCUT2D eigenvalue weighted by atomic mass is 35.5. The Morgan fingerprint density at radius 2 is 1.60 bits per heavy atom. The molecular weight excluding hydrogens is 167 g/mol.